The molecular weight excluding hydrogens is 150 g/mol. The van der Waals surface area contributed by atoms with Crippen LogP contribution in [0, 0.1) is 0 Å². The highest BCUT2D eigenvalue weighted by atomic mass is 16.1. The summed E-state index contributed by atoms with van der Waals surface area (Å²) in [6.07, 6.45) is 4.83. The molecule has 0 N–H and O–H groups in total. The van der Waals surface area contributed by atoms with E-state index >= 15 is 0 Å². The Morgan fingerprint density at radius 2 is 2.17 bits per heavy atom. The van der Waals surface area contributed by atoms with Crippen LogP contribution in [0.25, 0.3) is 5.57 Å². The number of allylic oxidation sites excluding steroid dienone is 3. The minimum Gasteiger partial charge on any atom is -0.288 e. The highest BCUT2D eigenvalue weighted by molar-refractivity contribution is 6.10. The van der Waals surface area contributed by atoms with Gasteiger partial charge < -0.3 is 0 Å². The van der Waals surface area contributed by atoms with Crippen LogP contribution in [-0.2, 0) is 0 Å². The summed E-state index contributed by atoms with van der Waals surface area (Å²) >= 11 is 0. The molecule has 1 aromatic rings. The first-order chi connectivity index (χ1) is 5.79. The van der Waals surface area contributed by atoms with Gasteiger partial charge in [-0.15, -0.1) is 0 Å². The summed E-state index contributed by atoms with van der Waals surface area (Å²) in [5.74, 6) is -0.0435. The van der Waals surface area contributed by atoms with Gasteiger partial charge in [-0.3, -0.25) is 9.78 Å². The average molecular weight is 157 g/mol. The van der Waals surface area contributed by atoms with Gasteiger partial charge >= 0.3 is 0 Å². The van der Waals surface area contributed by atoms with Gasteiger partial charge in [0.25, 0.3) is 0 Å². The number of nitrogens with zero attached hydrogens (tertiary/aromatic N) is 1. The van der Waals surface area contributed by atoms with Crippen LogP contribution in [0.3, 0.4) is 0 Å². The molecule has 0 bridgehead atoms. The van der Waals surface area contributed by atoms with Gasteiger partial charge in [-0.05, 0) is 17.7 Å². The second-order valence-electron chi connectivity index (χ2n) is 2.62. The Morgan fingerprint density at radius 1 is 1.33 bits per heavy atom. The minimum absolute atomic E-state index is 0.0435. The van der Waals surface area contributed by atoms with Crippen molar-refractivity contribution in [2.75, 3.05) is 0 Å². The van der Waals surface area contributed by atoms with E-state index in [2.05, 4.69) is 11.6 Å². The lowest BCUT2D eigenvalue weighted by atomic mass is 9.97. The summed E-state index contributed by atoms with van der Waals surface area (Å²) in [7, 11) is 0. The van der Waals surface area contributed by atoms with Crippen molar-refractivity contribution in [2.45, 2.75) is 0 Å². The van der Waals surface area contributed by atoms with Crippen molar-refractivity contribution < 1.29 is 4.79 Å². The topological polar surface area (TPSA) is 30.0 Å². The number of hydrogen-bond acceptors (Lipinski definition) is 2. The fraction of sp³-hybridized carbons (Fsp3) is 0. The quantitative estimate of drug-likeness (QED) is 0.575. The molecule has 0 spiro atoms. The third-order valence-corrected chi connectivity index (χ3v) is 1.82. The summed E-state index contributed by atoms with van der Waals surface area (Å²) in [6.45, 7) is 3.81. The second kappa shape index (κ2) is 2.41. The van der Waals surface area contributed by atoms with E-state index < -0.39 is 0 Å². The van der Waals surface area contributed by atoms with E-state index in [1.165, 1.54) is 6.08 Å². The number of hydrogen-bond donors (Lipinski definition) is 0. The van der Waals surface area contributed by atoms with Crippen LogP contribution in [0.1, 0.15) is 16.1 Å². The largest absolute Gasteiger partial charge is 0.288 e. The van der Waals surface area contributed by atoms with Gasteiger partial charge in [0.15, 0.2) is 0 Å². The lowest BCUT2D eigenvalue weighted by molar-refractivity contribution is 0.104. The summed E-state index contributed by atoms with van der Waals surface area (Å²) in [5, 5.41) is 0. The molecule has 0 radical (unpaired) electrons. The maximum Gasteiger partial charge on any atom is 0.204 e. The molecule has 2 rings (SSSR count). The lowest BCUT2D eigenvalue weighted by Gasteiger charge is -2.09. The lowest BCUT2D eigenvalue weighted by Crippen LogP contribution is -2.06. The fourth-order valence-corrected chi connectivity index (χ4v) is 1.21. The first-order valence-corrected chi connectivity index (χ1v) is 3.66. The second-order valence-corrected chi connectivity index (χ2v) is 2.62. The van der Waals surface area contributed by atoms with E-state index in [-0.39, 0.29) is 5.78 Å². The number of rotatable bonds is 0. The van der Waals surface area contributed by atoms with E-state index in [0.29, 0.717) is 5.69 Å². The monoisotopic (exact) mass is 157 g/mol. The molecule has 1 aliphatic rings. The van der Waals surface area contributed by atoms with Gasteiger partial charge in [-0.2, -0.15) is 0 Å². The molecule has 0 aliphatic heterocycles. The van der Waals surface area contributed by atoms with Gasteiger partial charge in [0, 0.05) is 11.8 Å². The van der Waals surface area contributed by atoms with Gasteiger partial charge in [0.2, 0.25) is 5.78 Å². The molecule has 0 saturated carbocycles. The van der Waals surface area contributed by atoms with Crippen LogP contribution in [0.4, 0.5) is 0 Å². The summed E-state index contributed by atoms with van der Waals surface area (Å²) in [4.78, 5) is 15.2. The number of pyridine rings is 1. The smallest absolute Gasteiger partial charge is 0.204 e. The van der Waals surface area contributed by atoms with Crippen molar-refractivity contribution in [2.24, 2.45) is 0 Å². The van der Waals surface area contributed by atoms with Crippen LogP contribution >= 0.6 is 0 Å². The molecule has 0 atom stereocenters. The van der Waals surface area contributed by atoms with E-state index in [9.17, 15) is 4.79 Å². The van der Waals surface area contributed by atoms with E-state index in [0.717, 1.165) is 11.1 Å². The number of ketones is 1. The molecule has 0 fully saturated rings. The summed E-state index contributed by atoms with van der Waals surface area (Å²) in [5.41, 5.74) is 2.19. The van der Waals surface area contributed by atoms with Crippen LogP contribution in [0.15, 0.2) is 37.1 Å². The fourth-order valence-electron chi connectivity index (χ4n) is 1.21. The number of aromatic nitrogens is 1. The standard InChI is InChI=1S/C10H7NO/c1-7-4-5-9(12)10-8(7)3-2-6-11-10/h2-6H,1H2. The molecule has 12 heavy (non-hydrogen) atoms. The molecule has 2 heteroatoms. The molecule has 1 aliphatic carbocycles. The van der Waals surface area contributed by atoms with Crippen LogP contribution < -0.4 is 0 Å². The SMILES string of the molecule is C=C1C=CC(=O)c2ncccc21. The van der Waals surface area contributed by atoms with Crippen molar-refractivity contribution in [3.8, 4) is 0 Å². The number of fused-ring (bicyclic) bond motifs is 1. The zero-order valence-electron chi connectivity index (χ0n) is 6.45. The van der Waals surface area contributed by atoms with Gasteiger partial charge in [-0.1, -0.05) is 18.7 Å². The third-order valence-electron chi connectivity index (χ3n) is 1.82. The molecule has 0 aromatic carbocycles. The van der Waals surface area contributed by atoms with E-state index in [1.54, 1.807) is 18.3 Å². The Bertz CT molecular complexity index is 354. The Labute approximate surface area is 70.3 Å². The van der Waals surface area contributed by atoms with E-state index in [1.807, 2.05) is 6.07 Å². The molecule has 0 unspecified atom stereocenters. The van der Waals surface area contributed by atoms with Crippen molar-refractivity contribution in [3.63, 3.8) is 0 Å². The Balaban J connectivity index is 2.69. The number of carbonyl (C=O) groups is 1. The Kier molecular flexibility index (Phi) is 1.40. The first-order valence-electron chi connectivity index (χ1n) is 3.66. The van der Waals surface area contributed by atoms with E-state index in [4.69, 9.17) is 0 Å². The van der Waals surface area contributed by atoms with Gasteiger partial charge in [0.1, 0.15) is 5.69 Å². The van der Waals surface area contributed by atoms with Crippen LogP contribution in [0.2, 0.25) is 0 Å². The van der Waals surface area contributed by atoms with Crippen LogP contribution in [-0.4, -0.2) is 10.8 Å². The molecule has 58 valence electrons. The highest BCUT2D eigenvalue weighted by Crippen LogP contribution is 2.21. The van der Waals surface area contributed by atoms with Gasteiger partial charge in [-0.25, -0.2) is 0 Å². The van der Waals surface area contributed by atoms with Crippen molar-refractivity contribution in [3.05, 3.63) is 48.3 Å². The van der Waals surface area contributed by atoms with Gasteiger partial charge in [0.05, 0.1) is 0 Å². The first kappa shape index (κ1) is 6.98. The summed E-state index contributed by atoms with van der Waals surface area (Å²) in [6, 6.07) is 3.66. The zero-order valence-corrected chi connectivity index (χ0v) is 6.45. The van der Waals surface area contributed by atoms with Crippen LogP contribution in [0.5, 0.6) is 0 Å². The molecular formula is C10H7NO. The number of carbonyl (C=O) groups excluding carboxylic acids is 1. The highest BCUT2D eigenvalue weighted by Gasteiger charge is 2.14. The Hall–Kier alpha value is -1.70. The normalized spacial score (nSPS) is 14.7. The minimum atomic E-state index is -0.0435. The molecule has 0 saturated heterocycles. The molecule has 1 aromatic heterocycles. The third kappa shape index (κ3) is 0.889. The zero-order chi connectivity index (χ0) is 8.55. The predicted molar refractivity (Wildman–Crippen MR) is 46.7 cm³/mol. The maximum atomic E-state index is 11.2. The Morgan fingerprint density at radius 3 is 2.92 bits per heavy atom. The molecule has 1 heterocycles. The van der Waals surface area contributed by atoms with Crippen molar-refractivity contribution >= 4 is 11.4 Å². The predicted octanol–water partition coefficient (Wildman–Crippen LogP) is 1.85. The molecule has 2 nitrogen and oxygen atoms in total. The maximum absolute atomic E-state index is 11.2. The van der Waals surface area contributed by atoms with Crippen molar-refractivity contribution in [1.82, 2.24) is 4.98 Å². The average Bonchev–Trinajstić information content (AvgIpc) is 2.12. The summed E-state index contributed by atoms with van der Waals surface area (Å²) < 4.78 is 0. The molecule has 0 amide bonds. The van der Waals surface area contributed by atoms with Crippen molar-refractivity contribution in [1.29, 1.82) is 0 Å².